The molecule has 13 nitrogen and oxygen atoms in total. The normalized spacial score (nSPS) is 12.9. The summed E-state index contributed by atoms with van der Waals surface area (Å²) in [5.74, 6) is 11.4. The van der Waals surface area contributed by atoms with Gasteiger partial charge in [-0.3, -0.25) is 19.5 Å². The van der Waals surface area contributed by atoms with Crippen molar-refractivity contribution in [3.05, 3.63) is 205 Å². The Morgan fingerprint density at radius 2 is 1.16 bits per heavy atom. The Hall–Kier alpha value is -8.98. The van der Waals surface area contributed by atoms with Gasteiger partial charge in [0.15, 0.2) is 0 Å². The third-order valence-electron chi connectivity index (χ3n) is 13.5. The van der Waals surface area contributed by atoms with Crippen LogP contribution in [0.1, 0.15) is 76.6 Å². The number of nitrogens with one attached hydrogen (secondary N) is 2. The average molecular weight is 1150 g/mol. The first-order valence-electron chi connectivity index (χ1n) is 25.2. The van der Waals surface area contributed by atoms with E-state index in [2.05, 4.69) is 59.2 Å². The lowest BCUT2D eigenvalue weighted by molar-refractivity contribution is -0.138. The fourth-order valence-corrected chi connectivity index (χ4v) is 9.28. The van der Waals surface area contributed by atoms with Crippen molar-refractivity contribution in [2.75, 3.05) is 55.3 Å². The van der Waals surface area contributed by atoms with Crippen LogP contribution in [0.3, 0.4) is 0 Å². The molecule has 416 valence electrons. The van der Waals surface area contributed by atoms with Gasteiger partial charge in [-0.25, -0.2) is 15.0 Å². The number of alkyl halides is 6. The first kappa shape index (κ1) is 57.7. The smallest absolute Gasteiger partial charge is 0.383 e. The highest BCUT2D eigenvalue weighted by Gasteiger charge is 2.36. The van der Waals surface area contributed by atoms with Gasteiger partial charge in [0.25, 0.3) is 11.8 Å². The van der Waals surface area contributed by atoms with Crippen molar-refractivity contribution >= 4 is 79.6 Å². The molecule has 21 heteroatoms. The van der Waals surface area contributed by atoms with Crippen LogP contribution in [0.2, 0.25) is 10.0 Å². The van der Waals surface area contributed by atoms with Gasteiger partial charge in [-0.05, 0) is 112 Å². The molecule has 4 aromatic heterocycles. The standard InChI is InChI=1S/C31H28ClF3N6O.C30H21ClF3N5O/c1-19-20(5-8-26-27-14-24(32)6-3-21(27)16-38-29(26)36)13-23(17-37-19)30(42)39-25-7-4-22(28(15-25)31(33,34)35)18-41-11-9-40(2)10-12-41;1-17-3-4-20(11-19(17)6-9-24-25-12-22(31)7-5-21(25)14-36-28(24)35)29(40)38-23-8-10-27(26(13-23)30(32,33)34)39-15-18(2)37-16-39/h3-4,6-7,13-17H,9-12,18H2,1-2H3,(H2,36,38)(H,39,42);3-5,7-8,10-16H,1-2H3,(H2,35,36)(H,38,40). The summed E-state index contributed by atoms with van der Waals surface area (Å²) < 4.78 is 84.9. The molecule has 0 radical (unpaired) electrons. The number of amides is 2. The first-order chi connectivity index (χ1) is 39.0. The molecule has 0 spiro atoms. The number of nitrogens with zero attached hydrogens (tertiary/aromatic N) is 7. The lowest BCUT2D eigenvalue weighted by atomic mass is 10.0. The van der Waals surface area contributed by atoms with E-state index < -0.39 is 35.3 Å². The first-order valence-corrected chi connectivity index (χ1v) is 26.0. The maximum absolute atomic E-state index is 14.0. The van der Waals surface area contributed by atoms with Crippen molar-refractivity contribution < 1.29 is 35.9 Å². The lowest BCUT2D eigenvalue weighted by Crippen LogP contribution is -2.44. The van der Waals surface area contributed by atoms with Crippen LogP contribution < -0.4 is 22.1 Å². The Morgan fingerprint density at radius 3 is 1.73 bits per heavy atom. The van der Waals surface area contributed by atoms with E-state index in [1.165, 1.54) is 47.6 Å². The molecule has 1 aliphatic rings. The Kier molecular flexibility index (Phi) is 16.9. The zero-order valence-corrected chi connectivity index (χ0v) is 45.8. The van der Waals surface area contributed by atoms with Gasteiger partial charge in [0.05, 0.1) is 51.2 Å². The molecule has 6 N–H and O–H groups in total. The van der Waals surface area contributed by atoms with Crippen LogP contribution in [0.5, 0.6) is 0 Å². The summed E-state index contributed by atoms with van der Waals surface area (Å²) in [5, 5.41) is 9.29. The van der Waals surface area contributed by atoms with Crippen molar-refractivity contribution in [1.82, 2.24) is 34.3 Å². The van der Waals surface area contributed by atoms with Gasteiger partial charge in [-0.15, -0.1) is 0 Å². The van der Waals surface area contributed by atoms with Crippen LogP contribution in [-0.4, -0.2) is 79.3 Å². The van der Waals surface area contributed by atoms with Gasteiger partial charge in [-0.2, -0.15) is 26.3 Å². The molecule has 1 saturated heterocycles. The number of fused-ring (bicyclic) bond motifs is 2. The zero-order chi connectivity index (χ0) is 58.6. The summed E-state index contributed by atoms with van der Waals surface area (Å²) in [6, 6.07) is 24.5. The number of rotatable bonds is 7. The highest BCUT2D eigenvalue weighted by molar-refractivity contribution is 6.31. The Labute approximate surface area is 477 Å². The number of aryl methyl sites for hydroxylation is 3. The number of hydrogen-bond acceptors (Lipinski definition) is 10. The number of hydrogen-bond donors (Lipinski definition) is 4. The number of piperazine rings is 1. The highest BCUT2D eigenvalue weighted by atomic mass is 35.5. The molecule has 10 rings (SSSR count). The van der Waals surface area contributed by atoms with Crippen LogP contribution in [0.15, 0.2) is 128 Å². The van der Waals surface area contributed by atoms with E-state index in [4.69, 9.17) is 34.7 Å². The summed E-state index contributed by atoms with van der Waals surface area (Å²) in [6.07, 6.45) is -1.79. The zero-order valence-electron chi connectivity index (χ0n) is 44.3. The molecule has 5 aromatic carbocycles. The minimum atomic E-state index is -4.65. The third kappa shape index (κ3) is 13.6. The van der Waals surface area contributed by atoms with E-state index in [-0.39, 0.29) is 51.9 Å². The average Bonchev–Trinajstić information content (AvgIpc) is 3.91. The van der Waals surface area contributed by atoms with Crippen molar-refractivity contribution in [1.29, 1.82) is 0 Å². The van der Waals surface area contributed by atoms with Crippen molar-refractivity contribution in [2.24, 2.45) is 0 Å². The molecule has 2 amide bonds. The Bertz CT molecular complexity index is 4090. The molecule has 82 heavy (non-hydrogen) atoms. The predicted molar refractivity (Wildman–Crippen MR) is 308 cm³/mol. The molecule has 0 bridgehead atoms. The number of anilines is 4. The number of aromatic nitrogens is 5. The summed E-state index contributed by atoms with van der Waals surface area (Å²) in [5.41, 5.74) is 14.9. The fraction of sp³-hybridized carbons (Fsp3) is 0.180. The quantitative estimate of drug-likeness (QED) is 0.0888. The Balaban J connectivity index is 0.000000198. The molecule has 0 atom stereocenters. The fourth-order valence-electron chi connectivity index (χ4n) is 8.93. The second-order valence-corrected chi connectivity index (χ2v) is 20.3. The molecule has 0 unspecified atom stereocenters. The van der Waals surface area contributed by atoms with Gasteiger partial charge >= 0.3 is 12.4 Å². The number of nitrogen functional groups attached to an aromatic ring is 2. The number of nitrogens with two attached hydrogens (primary N) is 2. The molecule has 0 aliphatic carbocycles. The second-order valence-electron chi connectivity index (χ2n) is 19.4. The monoisotopic (exact) mass is 1150 g/mol. The molecule has 0 saturated carbocycles. The minimum absolute atomic E-state index is 0.00222. The number of likely N-dealkylation sites (N-methyl/N-ethyl adjacent to an activating group) is 1. The number of halogens is 8. The molecule has 5 heterocycles. The van der Waals surface area contributed by atoms with E-state index in [1.54, 1.807) is 74.8 Å². The summed E-state index contributed by atoms with van der Waals surface area (Å²) in [6.45, 7) is 8.41. The molecule has 1 fully saturated rings. The van der Waals surface area contributed by atoms with Crippen LogP contribution in [0.25, 0.3) is 27.2 Å². The van der Waals surface area contributed by atoms with E-state index in [1.807, 2.05) is 31.0 Å². The van der Waals surface area contributed by atoms with Gasteiger partial charge in [0.2, 0.25) is 0 Å². The maximum Gasteiger partial charge on any atom is 0.418 e. The number of pyridine rings is 3. The van der Waals surface area contributed by atoms with Crippen LogP contribution in [0, 0.1) is 44.5 Å². The molecule has 9 aromatic rings. The summed E-state index contributed by atoms with van der Waals surface area (Å²) in [7, 11) is 1.99. The number of benzene rings is 5. The van der Waals surface area contributed by atoms with Crippen molar-refractivity contribution in [3.8, 4) is 29.4 Å². The van der Waals surface area contributed by atoms with Gasteiger partial charge in [0.1, 0.15) is 11.6 Å². The van der Waals surface area contributed by atoms with Gasteiger partial charge in [-0.1, -0.05) is 71.1 Å². The van der Waals surface area contributed by atoms with Gasteiger partial charge < -0.3 is 31.6 Å². The number of carbonyl (C=O) groups excluding carboxylic acids is 2. The maximum atomic E-state index is 14.0. The molecular weight excluding hydrogens is 1100 g/mol. The van der Waals surface area contributed by atoms with E-state index in [9.17, 15) is 35.9 Å². The largest absolute Gasteiger partial charge is 0.418 e. The number of imidazole rings is 1. The van der Waals surface area contributed by atoms with Gasteiger partial charge in [0, 0.05) is 117 Å². The summed E-state index contributed by atoms with van der Waals surface area (Å²) >= 11 is 12.3. The van der Waals surface area contributed by atoms with E-state index in [0.717, 1.165) is 52.3 Å². The SMILES string of the molecule is Cc1cn(-c2ccc(NC(=O)c3ccc(C)c(C#Cc4c(N)ncc5ccc(Cl)cc45)c3)cc2C(F)(F)F)cn1.Cc1ncc(C(=O)Nc2ccc(CN3CCN(C)CC3)c(C(F)(F)F)c2)cc1C#Cc1c(N)ncc2ccc(Cl)cc12. The topological polar surface area (TPSA) is 173 Å². The van der Waals surface area contributed by atoms with Crippen LogP contribution >= 0.6 is 23.2 Å². The molecular formula is C61H49Cl2F6N11O2. The minimum Gasteiger partial charge on any atom is -0.383 e. The number of carbonyl (C=O) groups is 2. The Morgan fingerprint density at radius 1 is 0.610 bits per heavy atom. The lowest BCUT2D eigenvalue weighted by Gasteiger charge is -2.33. The van der Waals surface area contributed by atoms with E-state index in [0.29, 0.717) is 56.8 Å². The highest BCUT2D eigenvalue weighted by Crippen LogP contribution is 2.37. The summed E-state index contributed by atoms with van der Waals surface area (Å²) in [4.78, 5) is 46.9. The predicted octanol–water partition coefficient (Wildman–Crippen LogP) is 12.5. The van der Waals surface area contributed by atoms with Crippen molar-refractivity contribution in [2.45, 2.75) is 39.7 Å². The van der Waals surface area contributed by atoms with Crippen LogP contribution in [0.4, 0.5) is 49.4 Å². The van der Waals surface area contributed by atoms with Crippen LogP contribution in [-0.2, 0) is 18.9 Å². The van der Waals surface area contributed by atoms with E-state index >= 15 is 0 Å². The molecule has 1 aliphatic heterocycles. The third-order valence-corrected chi connectivity index (χ3v) is 13.9. The second kappa shape index (κ2) is 24.0. The van der Waals surface area contributed by atoms with Crippen molar-refractivity contribution in [3.63, 3.8) is 0 Å².